The van der Waals surface area contributed by atoms with Crippen LogP contribution in [0.25, 0.3) is 5.69 Å². The molecule has 1 amide bonds. The quantitative estimate of drug-likeness (QED) is 0.868. The Balaban J connectivity index is 2.25. The van der Waals surface area contributed by atoms with Crippen LogP contribution in [0.2, 0.25) is 0 Å². The van der Waals surface area contributed by atoms with Crippen molar-refractivity contribution in [1.82, 2.24) is 20.3 Å². The van der Waals surface area contributed by atoms with Crippen molar-refractivity contribution in [3.05, 3.63) is 36.7 Å². The van der Waals surface area contributed by atoms with Gasteiger partial charge in [-0.25, -0.2) is 4.68 Å². The van der Waals surface area contributed by atoms with Gasteiger partial charge in [0.2, 0.25) is 5.91 Å². The minimum Gasteiger partial charge on any atom is -0.323 e. The van der Waals surface area contributed by atoms with E-state index in [9.17, 15) is 4.79 Å². The fourth-order valence-corrected chi connectivity index (χ4v) is 1.92. The Morgan fingerprint density at radius 1 is 1.35 bits per heavy atom. The molecule has 2 N–H and O–H groups in total. The standard InChI is InChI=1S/C14H19N5O/c1-4-15-14(2,3)13(20)17-11-7-5-6-8-12(11)19-10-9-16-18-19/h5-10,15H,4H2,1-3H3,(H,17,20). The molecule has 106 valence electrons. The van der Waals surface area contributed by atoms with Gasteiger partial charge in [0.1, 0.15) is 0 Å². The smallest absolute Gasteiger partial charge is 0.244 e. The fraction of sp³-hybridized carbons (Fsp3) is 0.357. The number of rotatable bonds is 5. The molecule has 2 rings (SSSR count). The number of likely N-dealkylation sites (N-methyl/N-ethyl adjacent to an activating group) is 1. The lowest BCUT2D eigenvalue weighted by Gasteiger charge is -2.25. The van der Waals surface area contributed by atoms with Gasteiger partial charge in [0.15, 0.2) is 0 Å². The molecule has 0 aliphatic rings. The van der Waals surface area contributed by atoms with Gasteiger partial charge in [-0.3, -0.25) is 4.79 Å². The summed E-state index contributed by atoms with van der Waals surface area (Å²) in [5, 5.41) is 13.8. The van der Waals surface area contributed by atoms with Crippen LogP contribution in [0, 0.1) is 0 Å². The number of nitrogens with zero attached hydrogens (tertiary/aromatic N) is 3. The van der Waals surface area contributed by atoms with Gasteiger partial charge in [-0.2, -0.15) is 0 Å². The lowest BCUT2D eigenvalue weighted by Crippen LogP contribution is -2.49. The Kier molecular flexibility index (Phi) is 4.14. The molecule has 1 aromatic carbocycles. The number of hydrogen-bond acceptors (Lipinski definition) is 4. The number of carbonyl (C=O) groups excluding carboxylic acids is 1. The molecule has 20 heavy (non-hydrogen) atoms. The van der Waals surface area contributed by atoms with Gasteiger partial charge in [0, 0.05) is 0 Å². The maximum atomic E-state index is 12.3. The summed E-state index contributed by atoms with van der Waals surface area (Å²) in [5.74, 6) is -0.0908. The molecule has 0 saturated carbocycles. The lowest BCUT2D eigenvalue weighted by molar-refractivity contribution is -0.121. The summed E-state index contributed by atoms with van der Waals surface area (Å²) in [7, 11) is 0. The molecule has 0 aliphatic carbocycles. The number of hydrogen-bond donors (Lipinski definition) is 2. The average Bonchev–Trinajstić information content (AvgIpc) is 2.93. The number of aromatic nitrogens is 3. The van der Waals surface area contributed by atoms with E-state index in [1.54, 1.807) is 17.1 Å². The molecule has 0 bridgehead atoms. The van der Waals surface area contributed by atoms with Crippen molar-refractivity contribution in [2.24, 2.45) is 0 Å². The minimum atomic E-state index is -0.635. The van der Waals surface area contributed by atoms with Crippen LogP contribution in [0.15, 0.2) is 36.7 Å². The summed E-state index contributed by atoms with van der Waals surface area (Å²) in [6.07, 6.45) is 3.33. The van der Waals surface area contributed by atoms with E-state index in [2.05, 4.69) is 20.9 Å². The third-order valence-corrected chi connectivity index (χ3v) is 3.01. The van der Waals surface area contributed by atoms with Gasteiger partial charge in [0.25, 0.3) is 0 Å². The Bertz CT molecular complexity index is 577. The lowest BCUT2D eigenvalue weighted by atomic mass is 10.0. The third kappa shape index (κ3) is 3.03. The SMILES string of the molecule is CCNC(C)(C)C(=O)Nc1ccccc1-n1ccnn1. The first kappa shape index (κ1) is 14.2. The summed E-state index contributed by atoms with van der Waals surface area (Å²) in [6.45, 7) is 6.40. The number of para-hydroxylation sites is 2. The second-order valence-electron chi connectivity index (χ2n) is 4.97. The third-order valence-electron chi connectivity index (χ3n) is 3.01. The van der Waals surface area contributed by atoms with Gasteiger partial charge in [-0.1, -0.05) is 24.3 Å². The summed E-state index contributed by atoms with van der Waals surface area (Å²) in [6, 6.07) is 7.49. The Labute approximate surface area is 118 Å². The highest BCUT2D eigenvalue weighted by molar-refractivity contribution is 5.98. The molecular formula is C14H19N5O. The maximum absolute atomic E-state index is 12.3. The highest BCUT2D eigenvalue weighted by Gasteiger charge is 2.26. The minimum absolute atomic E-state index is 0.0908. The van der Waals surface area contributed by atoms with Crippen LogP contribution in [0.1, 0.15) is 20.8 Å². The predicted molar refractivity (Wildman–Crippen MR) is 77.7 cm³/mol. The largest absolute Gasteiger partial charge is 0.323 e. The monoisotopic (exact) mass is 273 g/mol. The molecule has 1 aromatic heterocycles. The summed E-state index contributed by atoms with van der Waals surface area (Å²) in [4.78, 5) is 12.3. The van der Waals surface area contributed by atoms with Crippen LogP contribution in [-0.4, -0.2) is 33.0 Å². The van der Waals surface area contributed by atoms with Crippen molar-refractivity contribution in [1.29, 1.82) is 0 Å². The molecule has 0 atom stereocenters. The molecule has 0 fully saturated rings. The Morgan fingerprint density at radius 3 is 2.75 bits per heavy atom. The summed E-state index contributed by atoms with van der Waals surface area (Å²) < 4.78 is 1.62. The van der Waals surface area contributed by atoms with E-state index in [1.165, 1.54) is 0 Å². The van der Waals surface area contributed by atoms with Crippen molar-refractivity contribution >= 4 is 11.6 Å². The van der Waals surface area contributed by atoms with Gasteiger partial charge >= 0.3 is 0 Å². The number of carbonyl (C=O) groups is 1. The molecule has 1 heterocycles. The van der Waals surface area contributed by atoms with Crippen molar-refractivity contribution < 1.29 is 4.79 Å². The zero-order chi connectivity index (χ0) is 14.6. The van der Waals surface area contributed by atoms with Crippen LogP contribution in [-0.2, 0) is 4.79 Å². The maximum Gasteiger partial charge on any atom is 0.244 e. The first-order chi connectivity index (χ1) is 9.54. The molecule has 6 heteroatoms. The van der Waals surface area contributed by atoms with Crippen molar-refractivity contribution in [2.75, 3.05) is 11.9 Å². The van der Waals surface area contributed by atoms with E-state index in [0.717, 1.165) is 12.2 Å². The predicted octanol–water partition coefficient (Wildman–Crippen LogP) is 1.59. The highest BCUT2D eigenvalue weighted by Crippen LogP contribution is 2.20. The first-order valence-corrected chi connectivity index (χ1v) is 6.57. The van der Waals surface area contributed by atoms with Crippen molar-refractivity contribution in [3.63, 3.8) is 0 Å². The molecule has 6 nitrogen and oxygen atoms in total. The van der Waals surface area contributed by atoms with Crippen LogP contribution < -0.4 is 10.6 Å². The van der Waals surface area contributed by atoms with Crippen LogP contribution >= 0.6 is 0 Å². The van der Waals surface area contributed by atoms with E-state index in [0.29, 0.717) is 5.69 Å². The molecule has 0 radical (unpaired) electrons. The Hall–Kier alpha value is -2.21. The van der Waals surface area contributed by atoms with Gasteiger partial charge in [-0.05, 0) is 32.5 Å². The second-order valence-corrected chi connectivity index (χ2v) is 4.97. The zero-order valence-electron chi connectivity index (χ0n) is 11.9. The highest BCUT2D eigenvalue weighted by atomic mass is 16.2. The van der Waals surface area contributed by atoms with Crippen LogP contribution in [0.4, 0.5) is 5.69 Å². The zero-order valence-corrected chi connectivity index (χ0v) is 11.9. The van der Waals surface area contributed by atoms with Crippen molar-refractivity contribution in [3.8, 4) is 5.69 Å². The number of anilines is 1. The average molecular weight is 273 g/mol. The van der Waals surface area contributed by atoms with Crippen molar-refractivity contribution in [2.45, 2.75) is 26.3 Å². The Morgan fingerprint density at radius 2 is 2.10 bits per heavy atom. The normalized spacial score (nSPS) is 11.3. The molecule has 0 spiro atoms. The molecule has 0 aliphatic heterocycles. The number of amides is 1. The molecular weight excluding hydrogens is 254 g/mol. The van der Waals surface area contributed by atoms with E-state index < -0.39 is 5.54 Å². The first-order valence-electron chi connectivity index (χ1n) is 6.57. The topological polar surface area (TPSA) is 71.8 Å². The van der Waals surface area contributed by atoms with E-state index in [1.807, 2.05) is 45.0 Å². The van der Waals surface area contributed by atoms with Crippen LogP contribution in [0.5, 0.6) is 0 Å². The van der Waals surface area contributed by atoms with E-state index >= 15 is 0 Å². The van der Waals surface area contributed by atoms with Crippen LogP contribution in [0.3, 0.4) is 0 Å². The molecule has 0 unspecified atom stereocenters. The summed E-state index contributed by atoms with van der Waals surface area (Å²) >= 11 is 0. The second kappa shape index (κ2) is 5.83. The van der Waals surface area contributed by atoms with Gasteiger partial charge in [-0.15, -0.1) is 5.10 Å². The summed E-state index contributed by atoms with van der Waals surface area (Å²) in [5.41, 5.74) is 0.851. The molecule has 2 aromatic rings. The molecule has 0 saturated heterocycles. The number of nitrogens with one attached hydrogen (secondary N) is 2. The number of benzene rings is 1. The fourth-order valence-electron chi connectivity index (χ4n) is 1.92. The van der Waals surface area contributed by atoms with Gasteiger partial charge < -0.3 is 10.6 Å². The van der Waals surface area contributed by atoms with E-state index in [4.69, 9.17) is 0 Å². The van der Waals surface area contributed by atoms with E-state index in [-0.39, 0.29) is 5.91 Å². The van der Waals surface area contributed by atoms with Gasteiger partial charge in [0.05, 0.1) is 29.3 Å².